The third kappa shape index (κ3) is 2.78. The normalized spacial score (nSPS) is 10.0. The summed E-state index contributed by atoms with van der Waals surface area (Å²) in [5.41, 5.74) is 1.19. The maximum Gasteiger partial charge on any atom is 0.256 e. The van der Waals surface area contributed by atoms with E-state index in [1.54, 1.807) is 36.8 Å². The van der Waals surface area contributed by atoms with Gasteiger partial charge in [-0.15, -0.1) is 0 Å². The SMILES string of the molecule is COc1ccc(Cl)cc1NC(=O)c1ccsc1. The average Bonchev–Trinajstić information content (AvgIpc) is 2.83. The van der Waals surface area contributed by atoms with Gasteiger partial charge in [0.2, 0.25) is 0 Å². The van der Waals surface area contributed by atoms with Crippen molar-refractivity contribution in [3.05, 3.63) is 45.6 Å². The largest absolute Gasteiger partial charge is 0.495 e. The van der Waals surface area contributed by atoms with E-state index in [0.29, 0.717) is 22.0 Å². The topological polar surface area (TPSA) is 38.3 Å². The fourth-order valence-corrected chi connectivity index (χ4v) is 2.17. The molecule has 5 heteroatoms. The van der Waals surface area contributed by atoms with Crippen molar-refractivity contribution in [1.82, 2.24) is 0 Å². The molecule has 0 saturated heterocycles. The standard InChI is InChI=1S/C12H10ClNO2S/c1-16-11-3-2-9(13)6-10(11)14-12(15)8-4-5-17-7-8/h2-7H,1H3,(H,14,15). The van der Waals surface area contributed by atoms with Crippen molar-refractivity contribution >= 4 is 34.5 Å². The number of amides is 1. The van der Waals surface area contributed by atoms with Crippen molar-refractivity contribution < 1.29 is 9.53 Å². The molecule has 1 aromatic heterocycles. The molecule has 3 nitrogen and oxygen atoms in total. The Hall–Kier alpha value is -1.52. The molecule has 0 radical (unpaired) electrons. The Labute approximate surface area is 108 Å². The number of methoxy groups -OCH3 is 1. The van der Waals surface area contributed by atoms with Crippen molar-refractivity contribution in [3.8, 4) is 5.75 Å². The predicted octanol–water partition coefficient (Wildman–Crippen LogP) is 3.66. The molecular formula is C12H10ClNO2S. The summed E-state index contributed by atoms with van der Waals surface area (Å²) in [6.07, 6.45) is 0. The average molecular weight is 268 g/mol. The van der Waals surface area contributed by atoms with E-state index < -0.39 is 0 Å². The Morgan fingerprint density at radius 2 is 2.24 bits per heavy atom. The molecule has 0 unspecified atom stereocenters. The molecule has 17 heavy (non-hydrogen) atoms. The number of hydrogen-bond donors (Lipinski definition) is 1. The van der Waals surface area contributed by atoms with Crippen molar-refractivity contribution in [1.29, 1.82) is 0 Å². The zero-order chi connectivity index (χ0) is 12.3. The van der Waals surface area contributed by atoms with E-state index >= 15 is 0 Å². The Morgan fingerprint density at radius 3 is 2.88 bits per heavy atom. The van der Waals surface area contributed by atoms with Gasteiger partial charge in [0, 0.05) is 10.4 Å². The summed E-state index contributed by atoms with van der Waals surface area (Å²) in [6, 6.07) is 6.84. The number of nitrogens with one attached hydrogen (secondary N) is 1. The number of thiophene rings is 1. The van der Waals surface area contributed by atoms with Crippen LogP contribution in [0.3, 0.4) is 0 Å². The van der Waals surface area contributed by atoms with E-state index in [2.05, 4.69) is 5.32 Å². The molecule has 1 N–H and O–H groups in total. The molecule has 88 valence electrons. The minimum Gasteiger partial charge on any atom is -0.495 e. The molecule has 0 fully saturated rings. The highest BCUT2D eigenvalue weighted by molar-refractivity contribution is 7.08. The minimum atomic E-state index is -0.174. The molecular weight excluding hydrogens is 258 g/mol. The van der Waals surface area contributed by atoms with Crippen LogP contribution in [-0.2, 0) is 0 Å². The van der Waals surface area contributed by atoms with Crippen LogP contribution in [0.4, 0.5) is 5.69 Å². The molecule has 1 heterocycles. The van der Waals surface area contributed by atoms with Gasteiger partial charge in [-0.25, -0.2) is 0 Å². The van der Waals surface area contributed by atoms with Crippen molar-refractivity contribution in [2.24, 2.45) is 0 Å². The van der Waals surface area contributed by atoms with Gasteiger partial charge in [0.15, 0.2) is 0 Å². The number of hydrogen-bond acceptors (Lipinski definition) is 3. The summed E-state index contributed by atoms with van der Waals surface area (Å²) in [4.78, 5) is 11.9. The van der Waals surface area contributed by atoms with E-state index in [1.807, 2.05) is 5.38 Å². The van der Waals surface area contributed by atoms with Gasteiger partial charge in [-0.2, -0.15) is 11.3 Å². The maximum atomic E-state index is 11.9. The summed E-state index contributed by atoms with van der Waals surface area (Å²) in [7, 11) is 1.55. The van der Waals surface area contributed by atoms with Gasteiger partial charge in [-0.3, -0.25) is 4.79 Å². The zero-order valence-electron chi connectivity index (χ0n) is 9.07. The van der Waals surface area contributed by atoms with Gasteiger partial charge in [-0.1, -0.05) is 11.6 Å². The summed E-state index contributed by atoms with van der Waals surface area (Å²) in [5.74, 6) is 0.407. The first-order chi connectivity index (χ1) is 8.20. The second-order valence-corrected chi connectivity index (χ2v) is 4.53. The number of ether oxygens (including phenoxy) is 1. The quantitative estimate of drug-likeness (QED) is 0.922. The molecule has 0 spiro atoms. The molecule has 0 aliphatic rings. The first-order valence-electron chi connectivity index (χ1n) is 4.88. The van der Waals surface area contributed by atoms with Gasteiger partial charge in [-0.05, 0) is 29.6 Å². The second kappa shape index (κ2) is 5.21. The van der Waals surface area contributed by atoms with Crippen LogP contribution in [0.2, 0.25) is 5.02 Å². The Bertz CT molecular complexity index is 525. The van der Waals surface area contributed by atoms with Gasteiger partial charge in [0.05, 0.1) is 18.4 Å². The van der Waals surface area contributed by atoms with Gasteiger partial charge in [0.25, 0.3) is 5.91 Å². The number of carbonyl (C=O) groups excluding carboxylic acids is 1. The minimum absolute atomic E-state index is 0.174. The lowest BCUT2D eigenvalue weighted by atomic mass is 10.2. The van der Waals surface area contributed by atoms with Crippen LogP contribution in [0.15, 0.2) is 35.0 Å². The lowest BCUT2D eigenvalue weighted by molar-refractivity contribution is 0.102. The van der Waals surface area contributed by atoms with E-state index in [1.165, 1.54) is 11.3 Å². The van der Waals surface area contributed by atoms with Crippen LogP contribution in [0.5, 0.6) is 5.75 Å². The number of halogens is 1. The zero-order valence-corrected chi connectivity index (χ0v) is 10.6. The smallest absolute Gasteiger partial charge is 0.256 e. The van der Waals surface area contributed by atoms with E-state index in [0.717, 1.165) is 0 Å². The predicted molar refractivity (Wildman–Crippen MR) is 70.3 cm³/mol. The van der Waals surface area contributed by atoms with E-state index in [4.69, 9.17) is 16.3 Å². The maximum absolute atomic E-state index is 11.9. The Balaban J connectivity index is 2.23. The first-order valence-corrected chi connectivity index (χ1v) is 6.20. The Morgan fingerprint density at radius 1 is 1.41 bits per heavy atom. The van der Waals surface area contributed by atoms with Gasteiger partial charge < -0.3 is 10.1 Å². The van der Waals surface area contributed by atoms with Crippen LogP contribution >= 0.6 is 22.9 Å². The monoisotopic (exact) mass is 267 g/mol. The summed E-state index contributed by atoms with van der Waals surface area (Å²) >= 11 is 7.35. The van der Waals surface area contributed by atoms with Crippen molar-refractivity contribution in [2.75, 3.05) is 12.4 Å². The number of carbonyl (C=O) groups is 1. The third-order valence-corrected chi connectivity index (χ3v) is 3.11. The number of rotatable bonds is 3. The fraction of sp³-hybridized carbons (Fsp3) is 0.0833. The highest BCUT2D eigenvalue weighted by Crippen LogP contribution is 2.28. The van der Waals surface area contributed by atoms with Gasteiger partial charge in [0.1, 0.15) is 5.75 Å². The van der Waals surface area contributed by atoms with Crippen molar-refractivity contribution in [2.45, 2.75) is 0 Å². The molecule has 1 amide bonds. The molecule has 1 aromatic carbocycles. The number of benzene rings is 1. The highest BCUT2D eigenvalue weighted by Gasteiger charge is 2.10. The molecule has 2 aromatic rings. The number of anilines is 1. The molecule has 0 saturated carbocycles. The summed E-state index contributed by atoms with van der Waals surface area (Å²) in [5, 5.41) is 6.95. The third-order valence-electron chi connectivity index (χ3n) is 2.19. The van der Waals surface area contributed by atoms with Crippen molar-refractivity contribution in [3.63, 3.8) is 0 Å². The lowest BCUT2D eigenvalue weighted by Gasteiger charge is -2.09. The highest BCUT2D eigenvalue weighted by atomic mass is 35.5. The first kappa shape index (κ1) is 12.0. The van der Waals surface area contributed by atoms with Gasteiger partial charge >= 0.3 is 0 Å². The Kier molecular flexibility index (Phi) is 3.66. The molecule has 0 bridgehead atoms. The van der Waals surface area contributed by atoms with Crippen LogP contribution in [0.25, 0.3) is 0 Å². The van der Waals surface area contributed by atoms with Crippen LogP contribution < -0.4 is 10.1 Å². The van der Waals surface area contributed by atoms with Crippen LogP contribution in [-0.4, -0.2) is 13.0 Å². The van der Waals surface area contributed by atoms with E-state index in [-0.39, 0.29) is 5.91 Å². The molecule has 0 aliphatic heterocycles. The fourth-order valence-electron chi connectivity index (χ4n) is 1.37. The summed E-state index contributed by atoms with van der Waals surface area (Å²) < 4.78 is 5.15. The van der Waals surface area contributed by atoms with Crippen LogP contribution in [0, 0.1) is 0 Å². The lowest BCUT2D eigenvalue weighted by Crippen LogP contribution is -2.11. The molecule has 0 atom stereocenters. The second-order valence-electron chi connectivity index (χ2n) is 3.31. The summed E-state index contributed by atoms with van der Waals surface area (Å²) in [6.45, 7) is 0. The van der Waals surface area contributed by atoms with E-state index in [9.17, 15) is 4.79 Å². The van der Waals surface area contributed by atoms with Crippen LogP contribution in [0.1, 0.15) is 10.4 Å². The molecule has 2 rings (SSSR count). The molecule has 0 aliphatic carbocycles.